The summed E-state index contributed by atoms with van der Waals surface area (Å²) < 4.78 is 13.1. The Hall–Kier alpha value is -0.890. The lowest BCUT2D eigenvalue weighted by atomic mass is 9.87. The zero-order valence-electron chi connectivity index (χ0n) is 9.39. The minimum absolute atomic E-state index is 0.112. The summed E-state index contributed by atoms with van der Waals surface area (Å²) in [5.41, 5.74) is 2.47. The van der Waals surface area contributed by atoms with Gasteiger partial charge in [0.2, 0.25) is 0 Å². The van der Waals surface area contributed by atoms with E-state index in [1.807, 2.05) is 6.07 Å². The molecule has 2 heteroatoms. The zero-order chi connectivity index (χ0) is 10.8. The van der Waals surface area contributed by atoms with E-state index in [-0.39, 0.29) is 5.82 Å². The highest BCUT2D eigenvalue weighted by Gasteiger charge is 2.20. The highest BCUT2D eigenvalue weighted by atomic mass is 19.1. The van der Waals surface area contributed by atoms with Crippen molar-refractivity contribution in [1.82, 2.24) is 5.32 Å². The fourth-order valence-electron chi connectivity index (χ4n) is 2.36. The van der Waals surface area contributed by atoms with Crippen LogP contribution in [0.2, 0.25) is 0 Å². The van der Waals surface area contributed by atoms with Gasteiger partial charge in [0.15, 0.2) is 0 Å². The van der Waals surface area contributed by atoms with Gasteiger partial charge in [0, 0.05) is 12.1 Å². The predicted octanol–water partition coefficient (Wildman–Crippen LogP) is 3.20. The van der Waals surface area contributed by atoms with Gasteiger partial charge in [-0.3, -0.25) is 0 Å². The summed E-state index contributed by atoms with van der Waals surface area (Å²) in [7, 11) is 0. The first-order valence-electron chi connectivity index (χ1n) is 5.71. The third-order valence-electron chi connectivity index (χ3n) is 2.95. The molecule has 0 amide bonds. The van der Waals surface area contributed by atoms with E-state index < -0.39 is 0 Å². The lowest BCUT2D eigenvalue weighted by Crippen LogP contribution is -2.30. The molecule has 0 spiro atoms. The topological polar surface area (TPSA) is 12.0 Å². The molecule has 0 aromatic heterocycles. The van der Waals surface area contributed by atoms with Crippen LogP contribution >= 0.6 is 0 Å². The van der Waals surface area contributed by atoms with Gasteiger partial charge in [0.05, 0.1) is 0 Å². The normalized spacial score (nSPS) is 20.4. The molecule has 15 heavy (non-hydrogen) atoms. The van der Waals surface area contributed by atoms with Crippen LogP contribution in [-0.2, 0) is 6.42 Å². The van der Waals surface area contributed by atoms with E-state index >= 15 is 0 Å². The smallest absolute Gasteiger partial charge is 0.123 e. The minimum atomic E-state index is -0.112. The minimum Gasteiger partial charge on any atom is -0.308 e. The van der Waals surface area contributed by atoms with Crippen LogP contribution < -0.4 is 5.32 Å². The molecule has 0 unspecified atom stereocenters. The molecule has 0 fully saturated rings. The quantitative estimate of drug-likeness (QED) is 0.785. The van der Waals surface area contributed by atoms with Crippen LogP contribution in [0.3, 0.4) is 0 Å². The highest BCUT2D eigenvalue weighted by Crippen LogP contribution is 2.30. The Morgan fingerprint density at radius 3 is 2.93 bits per heavy atom. The molecular weight excluding hydrogens is 189 g/mol. The second-order valence-electron chi connectivity index (χ2n) is 4.61. The number of aryl methyl sites for hydroxylation is 1. The van der Waals surface area contributed by atoms with E-state index in [1.54, 1.807) is 12.1 Å². The first-order valence-corrected chi connectivity index (χ1v) is 5.71. The van der Waals surface area contributed by atoms with Crippen LogP contribution in [0.1, 0.15) is 43.9 Å². The third kappa shape index (κ3) is 2.37. The summed E-state index contributed by atoms with van der Waals surface area (Å²) in [6.45, 7) is 4.30. The van der Waals surface area contributed by atoms with Gasteiger partial charge in [-0.25, -0.2) is 4.39 Å². The Kier molecular flexibility index (Phi) is 3.06. The average molecular weight is 207 g/mol. The summed E-state index contributed by atoms with van der Waals surface area (Å²) in [6, 6.07) is 6.08. The summed E-state index contributed by atoms with van der Waals surface area (Å²) in [6.07, 6.45) is 3.33. The molecule has 0 aliphatic heterocycles. The first-order chi connectivity index (χ1) is 7.16. The van der Waals surface area contributed by atoms with Gasteiger partial charge in [0.25, 0.3) is 0 Å². The zero-order valence-corrected chi connectivity index (χ0v) is 9.39. The second kappa shape index (κ2) is 4.31. The van der Waals surface area contributed by atoms with Crippen molar-refractivity contribution in [2.75, 3.05) is 0 Å². The molecule has 1 nitrogen and oxygen atoms in total. The molecule has 0 saturated carbocycles. The SMILES string of the molecule is CC(C)N[C@H]1CCCc2cc(F)ccc21. The van der Waals surface area contributed by atoms with Crippen LogP contribution in [0.5, 0.6) is 0 Å². The lowest BCUT2D eigenvalue weighted by molar-refractivity contribution is 0.422. The monoisotopic (exact) mass is 207 g/mol. The molecule has 0 heterocycles. The molecule has 2 rings (SSSR count). The van der Waals surface area contributed by atoms with Gasteiger partial charge >= 0.3 is 0 Å². The largest absolute Gasteiger partial charge is 0.308 e. The lowest BCUT2D eigenvalue weighted by Gasteiger charge is -2.28. The molecule has 1 aliphatic carbocycles. The van der Waals surface area contributed by atoms with Crippen molar-refractivity contribution >= 4 is 0 Å². The summed E-state index contributed by atoms with van der Waals surface area (Å²) in [5, 5.41) is 3.53. The molecule has 0 bridgehead atoms. The van der Waals surface area contributed by atoms with Gasteiger partial charge in [0.1, 0.15) is 5.82 Å². The standard InChI is InChI=1S/C13H18FN/c1-9(2)15-13-5-3-4-10-8-11(14)6-7-12(10)13/h6-9,13,15H,3-5H2,1-2H3/t13-/m0/s1. The van der Waals surface area contributed by atoms with E-state index in [0.717, 1.165) is 19.3 Å². The number of rotatable bonds is 2. The molecule has 1 aromatic rings. The van der Waals surface area contributed by atoms with Crippen molar-refractivity contribution < 1.29 is 4.39 Å². The Morgan fingerprint density at radius 1 is 1.40 bits per heavy atom. The Balaban J connectivity index is 2.26. The number of fused-ring (bicyclic) bond motifs is 1. The summed E-state index contributed by atoms with van der Waals surface area (Å²) >= 11 is 0. The number of hydrogen-bond donors (Lipinski definition) is 1. The van der Waals surface area contributed by atoms with Crippen LogP contribution in [0.4, 0.5) is 4.39 Å². The van der Waals surface area contributed by atoms with E-state index in [9.17, 15) is 4.39 Å². The number of hydrogen-bond acceptors (Lipinski definition) is 1. The van der Waals surface area contributed by atoms with Crippen molar-refractivity contribution in [3.05, 3.63) is 35.1 Å². The maximum atomic E-state index is 13.1. The van der Waals surface area contributed by atoms with E-state index in [4.69, 9.17) is 0 Å². The highest BCUT2D eigenvalue weighted by molar-refractivity contribution is 5.32. The Labute approximate surface area is 90.7 Å². The van der Waals surface area contributed by atoms with Crippen LogP contribution in [0, 0.1) is 5.82 Å². The van der Waals surface area contributed by atoms with Crippen LogP contribution in [0.15, 0.2) is 18.2 Å². The van der Waals surface area contributed by atoms with E-state index in [1.165, 1.54) is 11.1 Å². The number of halogens is 1. The average Bonchev–Trinajstić information content (AvgIpc) is 2.16. The maximum Gasteiger partial charge on any atom is 0.123 e. The van der Waals surface area contributed by atoms with E-state index in [2.05, 4.69) is 19.2 Å². The third-order valence-corrected chi connectivity index (χ3v) is 2.95. The molecular formula is C13H18FN. The van der Waals surface area contributed by atoms with Crippen molar-refractivity contribution in [3.8, 4) is 0 Å². The molecule has 1 atom stereocenters. The fraction of sp³-hybridized carbons (Fsp3) is 0.538. The van der Waals surface area contributed by atoms with Crippen molar-refractivity contribution in [3.63, 3.8) is 0 Å². The van der Waals surface area contributed by atoms with Crippen molar-refractivity contribution in [2.24, 2.45) is 0 Å². The molecule has 1 N–H and O–H groups in total. The van der Waals surface area contributed by atoms with Crippen LogP contribution in [0.25, 0.3) is 0 Å². The predicted molar refractivity (Wildman–Crippen MR) is 60.4 cm³/mol. The molecule has 0 radical (unpaired) electrons. The Bertz CT molecular complexity index is 346. The summed E-state index contributed by atoms with van der Waals surface area (Å²) in [5.74, 6) is -0.112. The van der Waals surface area contributed by atoms with Gasteiger partial charge < -0.3 is 5.32 Å². The van der Waals surface area contributed by atoms with Gasteiger partial charge in [-0.1, -0.05) is 19.9 Å². The molecule has 82 valence electrons. The van der Waals surface area contributed by atoms with Crippen molar-refractivity contribution in [1.29, 1.82) is 0 Å². The molecule has 1 aliphatic rings. The van der Waals surface area contributed by atoms with Crippen LogP contribution in [-0.4, -0.2) is 6.04 Å². The fourth-order valence-corrected chi connectivity index (χ4v) is 2.36. The van der Waals surface area contributed by atoms with Gasteiger partial charge in [-0.05, 0) is 42.5 Å². The second-order valence-corrected chi connectivity index (χ2v) is 4.61. The summed E-state index contributed by atoms with van der Waals surface area (Å²) in [4.78, 5) is 0. The van der Waals surface area contributed by atoms with E-state index in [0.29, 0.717) is 12.1 Å². The molecule has 1 aromatic carbocycles. The number of benzene rings is 1. The first kappa shape index (κ1) is 10.6. The van der Waals surface area contributed by atoms with Crippen molar-refractivity contribution in [2.45, 2.75) is 45.2 Å². The maximum absolute atomic E-state index is 13.1. The van der Waals surface area contributed by atoms with Gasteiger partial charge in [-0.15, -0.1) is 0 Å². The Morgan fingerprint density at radius 2 is 2.20 bits per heavy atom. The van der Waals surface area contributed by atoms with Gasteiger partial charge in [-0.2, -0.15) is 0 Å². The molecule has 0 saturated heterocycles. The number of nitrogens with one attached hydrogen (secondary N) is 1.